The third kappa shape index (κ3) is 2.67. The van der Waals surface area contributed by atoms with E-state index in [9.17, 15) is 4.79 Å². The number of thiazole rings is 1. The highest BCUT2D eigenvalue weighted by Gasteiger charge is 2.34. The van der Waals surface area contributed by atoms with Crippen LogP contribution in [-0.2, 0) is 0 Å². The second kappa shape index (κ2) is 6.14. The average Bonchev–Trinajstić information content (AvgIpc) is 3.33. The molecule has 1 saturated heterocycles. The van der Waals surface area contributed by atoms with Gasteiger partial charge in [-0.15, -0.1) is 11.3 Å². The van der Waals surface area contributed by atoms with Gasteiger partial charge < -0.3 is 9.42 Å². The first-order chi connectivity index (χ1) is 11.6. The van der Waals surface area contributed by atoms with Crippen LogP contribution in [0.5, 0.6) is 0 Å². The lowest BCUT2D eigenvalue weighted by Gasteiger charge is -2.22. The van der Waals surface area contributed by atoms with Crippen molar-refractivity contribution in [2.75, 3.05) is 6.54 Å². The van der Waals surface area contributed by atoms with Crippen LogP contribution < -0.4 is 0 Å². The molecule has 124 valence electrons. The van der Waals surface area contributed by atoms with Crippen molar-refractivity contribution in [3.8, 4) is 10.6 Å². The Balaban J connectivity index is 1.63. The van der Waals surface area contributed by atoms with Crippen molar-refractivity contribution in [1.82, 2.24) is 15.0 Å². The summed E-state index contributed by atoms with van der Waals surface area (Å²) < 4.78 is 5.40. The van der Waals surface area contributed by atoms with Gasteiger partial charge in [0, 0.05) is 23.6 Å². The third-order valence-corrected chi connectivity index (χ3v) is 6.12. The van der Waals surface area contributed by atoms with Crippen LogP contribution in [0.25, 0.3) is 10.6 Å². The highest BCUT2D eigenvalue weighted by atomic mass is 32.1. The van der Waals surface area contributed by atoms with Gasteiger partial charge in [0.2, 0.25) is 0 Å². The van der Waals surface area contributed by atoms with Crippen LogP contribution in [0.4, 0.5) is 0 Å². The number of likely N-dealkylation sites (tertiary alicyclic amines) is 1. The van der Waals surface area contributed by atoms with Crippen molar-refractivity contribution in [3.05, 3.63) is 44.9 Å². The molecule has 5 nitrogen and oxygen atoms in total. The molecule has 0 aromatic carbocycles. The van der Waals surface area contributed by atoms with E-state index < -0.39 is 0 Å². The molecule has 1 amide bonds. The molecular weight excluding hydrogens is 342 g/mol. The number of amides is 1. The number of thiophene rings is 1. The Kier molecular flexibility index (Phi) is 3.97. The van der Waals surface area contributed by atoms with Crippen molar-refractivity contribution < 1.29 is 9.32 Å². The van der Waals surface area contributed by atoms with Gasteiger partial charge >= 0.3 is 0 Å². The van der Waals surface area contributed by atoms with Crippen LogP contribution in [0.2, 0.25) is 0 Å². The van der Waals surface area contributed by atoms with Crippen molar-refractivity contribution in [2.45, 2.75) is 32.7 Å². The summed E-state index contributed by atoms with van der Waals surface area (Å²) in [5, 5.41) is 8.95. The Morgan fingerprint density at radius 3 is 3.00 bits per heavy atom. The molecule has 0 radical (unpaired) electrons. The maximum atomic E-state index is 13.1. The lowest BCUT2D eigenvalue weighted by molar-refractivity contribution is 0.0718. The number of aryl methyl sites for hydroxylation is 2. The Morgan fingerprint density at radius 2 is 2.29 bits per heavy atom. The van der Waals surface area contributed by atoms with Gasteiger partial charge in [0.05, 0.1) is 17.4 Å². The van der Waals surface area contributed by atoms with E-state index >= 15 is 0 Å². The zero-order chi connectivity index (χ0) is 16.7. The predicted molar refractivity (Wildman–Crippen MR) is 94.4 cm³/mol. The molecule has 0 bridgehead atoms. The largest absolute Gasteiger partial charge is 0.359 e. The van der Waals surface area contributed by atoms with Crippen LogP contribution in [0, 0.1) is 13.8 Å². The molecule has 1 aliphatic rings. The molecule has 3 aromatic heterocycles. The summed E-state index contributed by atoms with van der Waals surface area (Å²) in [5.74, 6) is 0.821. The monoisotopic (exact) mass is 359 g/mol. The summed E-state index contributed by atoms with van der Waals surface area (Å²) in [6, 6.07) is 3.93. The number of carbonyl (C=O) groups excluding carboxylic acids is 1. The minimum absolute atomic E-state index is 0.0233. The van der Waals surface area contributed by atoms with E-state index in [-0.39, 0.29) is 11.9 Å². The number of hydrogen-bond donors (Lipinski definition) is 0. The molecule has 1 aliphatic heterocycles. The Labute approximate surface area is 147 Å². The second-order valence-corrected chi connectivity index (χ2v) is 7.75. The van der Waals surface area contributed by atoms with E-state index in [2.05, 4.69) is 15.5 Å². The van der Waals surface area contributed by atoms with E-state index in [1.807, 2.05) is 36.3 Å². The molecule has 0 spiro atoms. The van der Waals surface area contributed by atoms with Crippen LogP contribution in [-0.4, -0.2) is 27.5 Å². The van der Waals surface area contributed by atoms with E-state index in [1.54, 1.807) is 11.3 Å². The van der Waals surface area contributed by atoms with Crippen LogP contribution in [0.1, 0.15) is 45.7 Å². The van der Waals surface area contributed by atoms with E-state index in [1.165, 1.54) is 11.3 Å². The van der Waals surface area contributed by atoms with Crippen molar-refractivity contribution in [3.63, 3.8) is 0 Å². The second-order valence-electron chi connectivity index (χ2n) is 5.97. The maximum Gasteiger partial charge on any atom is 0.266 e. The van der Waals surface area contributed by atoms with Gasteiger partial charge in [0.15, 0.2) is 5.76 Å². The van der Waals surface area contributed by atoms with Crippen LogP contribution in [0.15, 0.2) is 27.4 Å². The van der Waals surface area contributed by atoms with Gasteiger partial charge in [0.1, 0.15) is 9.88 Å². The molecule has 7 heteroatoms. The Bertz CT molecular complexity index is 866. The van der Waals surface area contributed by atoms with E-state index in [4.69, 9.17) is 4.52 Å². The number of rotatable bonds is 3. The third-order valence-electron chi connectivity index (χ3n) is 4.25. The summed E-state index contributed by atoms with van der Waals surface area (Å²) in [4.78, 5) is 20.3. The minimum atomic E-state index is -0.0233. The fourth-order valence-corrected chi connectivity index (χ4v) is 4.81. The average molecular weight is 359 g/mol. The molecule has 4 heterocycles. The Morgan fingerprint density at radius 1 is 1.42 bits per heavy atom. The Hall–Kier alpha value is -1.99. The first-order valence-corrected chi connectivity index (χ1v) is 9.63. The molecule has 0 aliphatic carbocycles. The lowest BCUT2D eigenvalue weighted by Crippen LogP contribution is -2.30. The van der Waals surface area contributed by atoms with Gasteiger partial charge in [-0.05, 0) is 38.1 Å². The molecule has 0 N–H and O–H groups in total. The number of aromatic nitrogens is 2. The fraction of sp³-hybridized carbons (Fsp3) is 0.353. The molecule has 0 saturated carbocycles. The summed E-state index contributed by atoms with van der Waals surface area (Å²) >= 11 is 3.11. The zero-order valence-electron chi connectivity index (χ0n) is 13.5. The minimum Gasteiger partial charge on any atom is -0.359 e. The smallest absolute Gasteiger partial charge is 0.266 e. The standard InChI is InChI=1S/C17H17N3O2S2/c1-10-8-14(22-19-10)13-4-3-6-20(13)17(21)15-11(2)18-16(24-15)12-5-7-23-9-12/h5,7-9,13H,3-4,6H2,1-2H3/t13-/m0/s1. The molecular formula is C17H17N3O2S2. The van der Waals surface area contributed by atoms with Gasteiger partial charge in [-0.3, -0.25) is 4.79 Å². The van der Waals surface area contributed by atoms with E-state index in [0.717, 1.165) is 52.0 Å². The van der Waals surface area contributed by atoms with Crippen molar-refractivity contribution in [2.24, 2.45) is 0 Å². The van der Waals surface area contributed by atoms with Crippen LogP contribution >= 0.6 is 22.7 Å². The lowest BCUT2D eigenvalue weighted by atomic mass is 10.1. The molecule has 1 atom stereocenters. The van der Waals surface area contributed by atoms with Gasteiger partial charge in [-0.1, -0.05) is 5.16 Å². The van der Waals surface area contributed by atoms with Gasteiger partial charge in [-0.25, -0.2) is 4.98 Å². The number of nitrogens with zero attached hydrogens (tertiary/aromatic N) is 3. The topological polar surface area (TPSA) is 59.2 Å². The van der Waals surface area contributed by atoms with E-state index in [0.29, 0.717) is 0 Å². The number of carbonyl (C=O) groups is 1. The normalized spacial score (nSPS) is 17.6. The fourth-order valence-electron chi connectivity index (χ4n) is 3.08. The summed E-state index contributed by atoms with van der Waals surface area (Å²) in [5.41, 5.74) is 2.72. The van der Waals surface area contributed by atoms with Crippen molar-refractivity contribution in [1.29, 1.82) is 0 Å². The molecule has 4 rings (SSSR count). The highest BCUT2D eigenvalue weighted by molar-refractivity contribution is 7.17. The van der Waals surface area contributed by atoms with Crippen LogP contribution in [0.3, 0.4) is 0 Å². The zero-order valence-corrected chi connectivity index (χ0v) is 15.1. The molecule has 3 aromatic rings. The maximum absolute atomic E-state index is 13.1. The van der Waals surface area contributed by atoms with Gasteiger partial charge in [0.25, 0.3) is 5.91 Å². The first kappa shape index (κ1) is 15.5. The SMILES string of the molecule is Cc1cc([C@@H]2CCCN2C(=O)c2sc(-c3ccsc3)nc2C)on1. The molecule has 1 fully saturated rings. The molecule has 0 unspecified atom stereocenters. The summed E-state index contributed by atoms with van der Waals surface area (Å²) in [6.07, 6.45) is 1.89. The van der Waals surface area contributed by atoms with Gasteiger partial charge in [-0.2, -0.15) is 11.3 Å². The predicted octanol–water partition coefficient (Wildman–Crippen LogP) is 4.45. The quantitative estimate of drug-likeness (QED) is 0.693. The first-order valence-electron chi connectivity index (χ1n) is 7.87. The summed E-state index contributed by atoms with van der Waals surface area (Å²) in [6.45, 7) is 4.55. The number of hydrogen-bond acceptors (Lipinski definition) is 6. The summed E-state index contributed by atoms with van der Waals surface area (Å²) in [7, 11) is 0. The molecule has 24 heavy (non-hydrogen) atoms. The van der Waals surface area contributed by atoms with Crippen molar-refractivity contribution >= 4 is 28.6 Å². The highest BCUT2D eigenvalue weighted by Crippen LogP contribution is 2.36.